The quantitative estimate of drug-likeness (QED) is 0.665. The van der Waals surface area contributed by atoms with Crippen LogP contribution in [0.2, 0.25) is 0 Å². The van der Waals surface area contributed by atoms with Gasteiger partial charge in [0.15, 0.2) is 4.90 Å². The average Bonchev–Trinajstić information content (AvgIpc) is 2.90. The summed E-state index contributed by atoms with van der Waals surface area (Å²) in [6.45, 7) is 3.82. The van der Waals surface area contributed by atoms with Crippen LogP contribution in [0, 0.1) is 29.9 Å². The number of aryl methyl sites for hydroxylation is 2. The van der Waals surface area contributed by atoms with E-state index in [-0.39, 0.29) is 30.5 Å². The first-order valence-electron chi connectivity index (χ1n) is 6.64. The SMILES string of the molecule is Cc1cc([N+](=O)[O-])c(S(=O)(=O)N2CCC(CO)C2)cc1C. The van der Waals surface area contributed by atoms with E-state index in [2.05, 4.69) is 0 Å². The van der Waals surface area contributed by atoms with E-state index in [1.54, 1.807) is 13.8 Å². The third kappa shape index (κ3) is 2.92. The predicted molar refractivity (Wildman–Crippen MR) is 76.5 cm³/mol. The van der Waals surface area contributed by atoms with E-state index in [4.69, 9.17) is 5.11 Å². The molecule has 1 aliphatic rings. The van der Waals surface area contributed by atoms with E-state index in [1.807, 2.05) is 0 Å². The lowest BCUT2D eigenvalue weighted by Gasteiger charge is -2.17. The van der Waals surface area contributed by atoms with Gasteiger partial charge in [-0.2, -0.15) is 4.31 Å². The molecule has 1 saturated heterocycles. The van der Waals surface area contributed by atoms with Crippen molar-refractivity contribution in [3.63, 3.8) is 0 Å². The molecule has 1 heterocycles. The van der Waals surface area contributed by atoms with Crippen molar-refractivity contribution >= 4 is 15.7 Å². The van der Waals surface area contributed by atoms with Crippen molar-refractivity contribution in [3.05, 3.63) is 33.4 Å². The van der Waals surface area contributed by atoms with Crippen molar-refractivity contribution in [2.45, 2.75) is 25.2 Å². The van der Waals surface area contributed by atoms with Crippen LogP contribution in [0.1, 0.15) is 17.5 Å². The maximum absolute atomic E-state index is 12.6. The van der Waals surface area contributed by atoms with Gasteiger partial charge in [0.2, 0.25) is 10.0 Å². The van der Waals surface area contributed by atoms with Gasteiger partial charge in [-0.05, 0) is 43.4 Å². The molecule has 8 heteroatoms. The lowest BCUT2D eigenvalue weighted by molar-refractivity contribution is -0.387. The molecule has 2 rings (SSSR count). The number of nitro benzene ring substituents is 1. The second-order valence-corrected chi connectivity index (χ2v) is 7.27. The lowest BCUT2D eigenvalue weighted by atomic mass is 10.1. The highest BCUT2D eigenvalue weighted by molar-refractivity contribution is 7.89. The minimum Gasteiger partial charge on any atom is -0.396 e. The molecule has 0 aliphatic carbocycles. The number of hydrogen-bond donors (Lipinski definition) is 1. The van der Waals surface area contributed by atoms with E-state index >= 15 is 0 Å². The largest absolute Gasteiger partial charge is 0.396 e. The van der Waals surface area contributed by atoms with Crippen LogP contribution in [0.15, 0.2) is 17.0 Å². The summed E-state index contributed by atoms with van der Waals surface area (Å²) >= 11 is 0. The zero-order chi connectivity index (χ0) is 15.8. The maximum atomic E-state index is 12.6. The molecule has 1 N–H and O–H groups in total. The van der Waals surface area contributed by atoms with Crippen molar-refractivity contribution in [2.24, 2.45) is 5.92 Å². The van der Waals surface area contributed by atoms with Gasteiger partial charge >= 0.3 is 0 Å². The Kier molecular flexibility index (Phi) is 4.31. The molecule has 0 amide bonds. The van der Waals surface area contributed by atoms with Crippen LogP contribution in [0.4, 0.5) is 5.69 Å². The van der Waals surface area contributed by atoms with Crippen LogP contribution in [-0.4, -0.2) is 42.4 Å². The van der Waals surface area contributed by atoms with Gasteiger partial charge in [0.25, 0.3) is 5.69 Å². The Hall–Kier alpha value is -1.51. The Bertz CT molecular complexity index is 671. The van der Waals surface area contributed by atoms with E-state index in [0.717, 1.165) is 0 Å². The summed E-state index contributed by atoms with van der Waals surface area (Å²) in [5.41, 5.74) is 0.970. The zero-order valence-corrected chi connectivity index (χ0v) is 12.8. The number of benzene rings is 1. The normalized spacial score (nSPS) is 19.9. The molecule has 0 radical (unpaired) electrons. The molecule has 7 nitrogen and oxygen atoms in total. The third-order valence-electron chi connectivity index (χ3n) is 3.90. The Morgan fingerprint density at radius 3 is 2.52 bits per heavy atom. The molecule has 1 aliphatic heterocycles. The molecule has 0 saturated carbocycles. The number of nitrogens with zero attached hydrogens (tertiary/aromatic N) is 2. The van der Waals surface area contributed by atoms with Crippen LogP contribution >= 0.6 is 0 Å². The van der Waals surface area contributed by atoms with Gasteiger partial charge in [-0.15, -0.1) is 0 Å². The fraction of sp³-hybridized carbons (Fsp3) is 0.538. The molecule has 1 aromatic rings. The fourth-order valence-electron chi connectivity index (χ4n) is 2.43. The first-order valence-corrected chi connectivity index (χ1v) is 8.08. The van der Waals surface area contributed by atoms with Crippen molar-refractivity contribution in [2.75, 3.05) is 19.7 Å². The average molecular weight is 314 g/mol. The summed E-state index contributed by atoms with van der Waals surface area (Å²) in [5.74, 6) is -0.106. The maximum Gasteiger partial charge on any atom is 0.289 e. The van der Waals surface area contributed by atoms with Gasteiger partial charge < -0.3 is 5.11 Å². The number of rotatable bonds is 4. The van der Waals surface area contributed by atoms with Gasteiger partial charge in [0, 0.05) is 25.8 Å². The molecular formula is C13H18N2O5S. The molecule has 21 heavy (non-hydrogen) atoms. The van der Waals surface area contributed by atoms with E-state index in [9.17, 15) is 18.5 Å². The van der Waals surface area contributed by atoms with Crippen LogP contribution in [0.5, 0.6) is 0 Å². The highest BCUT2D eigenvalue weighted by atomic mass is 32.2. The summed E-state index contributed by atoms with van der Waals surface area (Å²) in [5, 5.41) is 20.3. The molecule has 1 unspecified atom stereocenters. The topological polar surface area (TPSA) is 101 Å². The Labute approximate surface area is 123 Å². The molecule has 1 aromatic carbocycles. The first-order chi connectivity index (χ1) is 9.77. The molecule has 0 bridgehead atoms. The molecular weight excluding hydrogens is 296 g/mol. The Balaban J connectivity index is 2.50. The Morgan fingerprint density at radius 2 is 2.00 bits per heavy atom. The smallest absolute Gasteiger partial charge is 0.289 e. The minimum absolute atomic E-state index is 0.0823. The third-order valence-corrected chi connectivity index (χ3v) is 5.79. The molecule has 0 aromatic heterocycles. The monoisotopic (exact) mass is 314 g/mol. The van der Waals surface area contributed by atoms with Crippen molar-refractivity contribution < 1.29 is 18.4 Å². The number of aliphatic hydroxyl groups excluding tert-OH is 1. The number of nitro groups is 1. The lowest BCUT2D eigenvalue weighted by Crippen LogP contribution is -2.30. The highest BCUT2D eigenvalue weighted by Crippen LogP contribution is 2.32. The van der Waals surface area contributed by atoms with Gasteiger partial charge in [0.1, 0.15) is 0 Å². The number of aliphatic hydroxyl groups is 1. The van der Waals surface area contributed by atoms with Gasteiger partial charge in [-0.1, -0.05) is 0 Å². The van der Waals surface area contributed by atoms with E-state index in [1.165, 1.54) is 16.4 Å². The van der Waals surface area contributed by atoms with Crippen LogP contribution in [-0.2, 0) is 10.0 Å². The van der Waals surface area contributed by atoms with Crippen LogP contribution in [0.3, 0.4) is 0 Å². The van der Waals surface area contributed by atoms with Gasteiger partial charge in [-0.25, -0.2) is 8.42 Å². The fourth-order valence-corrected chi connectivity index (χ4v) is 4.18. The standard InChI is InChI=1S/C13H18N2O5S/c1-9-5-12(15(17)18)13(6-10(9)2)21(19,20)14-4-3-11(7-14)8-16/h5-6,11,16H,3-4,7-8H2,1-2H3. The molecule has 116 valence electrons. The van der Waals surface area contributed by atoms with E-state index < -0.39 is 20.6 Å². The van der Waals surface area contributed by atoms with Crippen LogP contribution < -0.4 is 0 Å². The summed E-state index contributed by atoms with van der Waals surface area (Å²) < 4.78 is 26.5. The number of sulfonamides is 1. The van der Waals surface area contributed by atoms with Crippen molar-refractivity contribution in [1.29, 1.82) is 0 Å². The summed E-state index contributed by atoms with van der Waals surface area (Å²) in [6, 6.07) is 2.65. The zero-order valence-electron chi connectivity index (χ0n) is 11.9. The minimum atomic E-state index is -3.92. The van der Waals surface area contributed by atoms with Crippen molar-refractivity contribution in [3.8, 4) is 0 Å². The molecule has 1 atom stereocenters. The predicted octanol–water partition coefficient (Wildman–Crippen LogP) is 1.21. The second-order valence-electron chi connectivity index (χ2n) is 5.36. The summed E-state index contributed by atoms with van der Waals surface area (Å²) in [7, 11) is -3.92. The van der Waals surface area contributed by atoms with Gasteiger partial charge in [-0.3, -0.25) is 10.1 Å². The summed E-state index contributed by atoms with van der Waals surface area (Å²) in [6.07, 6.45) is 0.564. The van der Waals surface area contributed by atoms with Crippen molar-refractivity contribution in [1.82, 2.24) is 4.31 Å². The molecule has 0 spiro atoms. The number of hydrogen-bond acceptors (Lipinski definition) is 5. The molecule has 1 fully saturated rings. The first kappa shape index (κ1) is 15.9. The second kappa shape index (κ2) is 5.70. The van der Waals surface area contributed by atoms with Crippen LogP contribution in [0.25, 0.3) is 0 Å². The summed E-state index contributed by atoms with van der Waals surface area (Å²) in [4.78, 5) is 10.2. The van der Waals surface area contributed by atoms with E-state index in [0.29, 0.717) is 17.5 Å². The van der Waals surface area contributed by atoms with Gasteiger partial charge in [0.05, 0.1) is 4.92 Å². The Morgan fingerprint density at radius 1 is 1.38 bits per heavy atom. The highest BCUT2D eigenvalue weighted by Gasteiger charge is 2.36.